The molecule has 1 aromatic carbocycles. The zero-order chi connectivity index (χ0) is 10.5. The summed E-state index contributed by atoms with van der Waals surface area (Å²) < 4.78 is 0. The summed E-state index contributed by atoms with van der Waals surface area (Å²) in [6.07, 6.45) is 11.7. The van der Waals surface area contributed by atoms with Gasteiger partial charge in [-0.15, -0.1) is 0 Å². The van der Waals surface area contributed by atoms with Crippen LogP contribution in [0.25, 0.3) is 0 Å². The lowest BCUT2D eigenvalue weighted by Gasteiger charge is -2.07. The minimum atomic E-state index is 1.16. The molecule has 0 heteroatoms. The van der Waals surface area contributed by atoms with E-state index in [0.29, 0.717) is 0 Å². The van der Waals surface area contributed by atoms with Crippen molar-refractivity contribution in [2.45, 2.75) is 32.6 Å². The standard InChI is InChI=1S/C15H18/c1-13-7-9-15(10-8-13)12-11-14-5-3-2-4-6-14/h3,5-10H,2,4,11-12H2,1H3. The van der Waals surface area contributed by atoms with Crippen molar-refractivity contribution in [1.29, 1.82) is 0 Å². The van der Waals surface area contributed by atoms with Crippen LogP contribution in [0.1, 0.15) is 30.4 Å². The van der Waals surface area contributed by atoms with Crippen LogP contribution in [-0.2, 0) is 6.42 Å². The molecule has 0 spiro atoms. The molecule has 0 atom stereocenters. The summed E-state index contributed by atoms with van der Waals surface area (Å²) in [5, 5.41) is 0. The highest BCUT2D eigenvalue weighted by Gasteiger charge is 1.98. The van der Waals surface area contributed by atoms with Gasteiger partial charge in [0.25, 0.3) is 0 Å². The third-order valence-corrected chi connectivity index (χ3v) is 2.89. The van der Waals surface area contributed by atoms with E-state index in [1.54, 1.807) is 0 Å². The molecule has 1 aliphatic rings. The van der Waals surface area contributed by atoms with Crippen LogP contribution in [0.4, 0.5) is 0 Å². The predicted molar refractivity (Wildman–Crippen MR) is 66.0 cm³/mol. The molecule has 0 bridgehead atoms. The van der Waals surface area contributed by atoms with E-state index in [2.05, 4.69) is 49.4 Å². The van der Waals surface area contributed by atoms with Crippen molar-refractivity contribution >= 4 is 0 Å². The average molecular weight is 198 g/mol. The molecule has 0 amide bonds. The van der Waals surface area contributed by atoms with Crippen molar-refractivity contribution < 1.29 is 0 Å². The van der Waals surface area contributed by atoms with Crippen molar-refractivity contribution in [3.8, 4) is 0 Å². The minimum absolute atomic E-state index is 1.16. The lowest BCUT2D eigenvalue weighted by Crippen LogP contribution is -1.90. The summed E-state index contributed by atoms with van der Waals surface area (Å²) in [5.41, 5.74) is 4.29. The monoisotopic (exact) mass is 198 g/mol. The van der Waals surface area contributed by atoms with Gasteiger partial charge < -0.3 is 0 Å². The molecule has 0 nitrogen and oxygen atoms in total. The van der Waals surface area contributed by atoms with Crippen molar-refractivity contribution in [3.63, 3.8) is 0 Å². The van der Waals surface area contributed by atoms with Gasteiger partial charge in [-0.2, -0.15) is 0 Å². The highest BCUT2D eigenvalue weighted by atomic mass is 14.0. The average Bonchev–Trinajstić information content (AvgIpc) is 2.30. The highest BCUT2D eigenvalue weighted by molar-refractivity contribution is 5.26. The van der Waals surface area contributed by atoms with Gasteiger partial charge in [0.05, 0.1) is 0 Å². The Labute approximate surface area is 92.3 Å². The quantitative estimate of drug-likeness (QED) is 0.682. The zero-order valence-corrected chi connectivity index (χ0v) is 9.37. The Bertz CT molecular complexity index is 366. The summed E-state index contributed by atoms with van der Waals surface area (Å²) >= 11 is 0. The van der Waals surface area contributed by atoms with Crippen LogP contribution in [0.5, 0.6) is 0 Å². The summed E-state index contributed by atoms with van der Waals surface area (Å²) in [4.78, 5) is 0. The van der Waals surface area contributed by atoms with Gasteiger partial charge in [0.1, 0.15) is 0 Å². The maximum absolute atomic E-state index is 2.37. The van der Waals surface area contributed by atoms with E-state index in [4.69, 9.17) is 0 Å². The van der Waals surface area contributed by atoms with Crippen LogP contribution in [0.2, 0.25) is 0 Å². The Kier molecular flexibility index (Phi) is 3.39. The van der Waals surface area contributed by atoms with E-state index >= 15 is 0 Å². The Morgan fingerprint density at radius 1 is 1.00 bits per heavy atom. The third kappa shape index (κ3) is 3.09. The lowest BCUT2D eigenvalue weighted by molar-refractivity contribution is 0.920. The second kappa shape index (κ2) is 4.97. The highest BCUT2D eigenvalue weighted by Crippen LogP contribution is 2.16. The second-order valence-corrected chi connectivity index (χ2v) is 4.24. The molecule has 0 saturated carbocycles. The molecule has 2 rings (SSSR count). The van der Waals surface area contributed by atoms with Gasteiger partial charge in [-0.25, -0.2) is 0 Å². The second-order valence-electron chi connectivity index (χ2n) is 4.24. The van der Waals surface area contributed by atoms with Gasteiger partial charge in [0.2, 0.25) is 0 Å². The summed E-state index contributed by atoms with van der Waals surface area (Å²) in [6.45, 7) is 2.14. The van der Waals surface area contributed by atoms with Gasteiger partial charge in [0.15, 0.2) is 0 Å². The normalized spacial score (nSPS) is 15.1. The van der Waals surface area contributed by atoms with Crippen LogP contribution in [0.15, 0.2) is 48.1 Å². The smallest absolute Gasteiger partial charge is 0.0238 e. The number of allylic oxidation sites excluding steroid dienone is 4. The largest absolute Gasteiger partial charge is 0.0840 e. The van der Waals surface area contributed by atoms with Gasteiger partial charge in [-0.05, 0) is 38.2 Å². The van der Waals surface area contributed by atoms with Crippen LogP contribution >= 0.6 is 0 Å². The van der Waals surface area contributed by atoms with E-state index in [0.717, 1.165) is 6.42 Å². The fourth-order valence-corrected chi connectivity index (χ4v) is 1.90. The van der Waals surface area contributed by atoms with Crippen LogP contribution in [0, 0.1) is 6.92 Å². The van der Waals surface area contributed by atoms with Crippen molar-refractivity contribution in [3.05, 3.63) is 59.2 Å². The van der Waals surface area contributed by atoms with E-state index < -0.39 is 0 Å². The molecule has 0 heterocycles. The van der Waals surface area contributed by atoms with Crippen molar-refractivity contribution in [2.75, 3.05) is 0 Å². The van der Waals surface area contributed by atoms with E-state index in [-0.39, 0.29) is 0 Å². The number of aryl methyl sites for hydroxylation is 2. The van der Waals surface area contributed by atoms with Crippen LogP contribution in [-0.4, -0.2) is 0 Å². The molecule has 1 aromatic rings. The van der Waals surface area contributed by atoms with Gasteiger partial charge in [0, 0.05) is 0 Å². The van der Waals surface area contributed by atoms with Crippen molar-refractivity contribution in [1.82, 2.24) is 0 Å². The van der Waals surface area contributed by atoms with Crippen LogP contribution in [0.3, 0.4) is 0 Å². The number of hydrogen-bond donors (Lipinski definition) is 0. The number of benzene rings is 1. The Hall–Kier alpha value is -1.30. The van der Waals surface area contributed by atoms with Gasteiger partial charge in [-0.3, -0.25) is 0 Å². The maximum Gasteiger partial charge on any atom is -0.0238 e. The summed E-state index contributed by atoms with van der Waals surface area (Å²) in [6, 6.07) is 8.87. The fourth-order valence-electron chi connectivity index (χ4n) is 1.90. The summed E-state index contributed by atoms with van der Waals surface area (Å²) in [5.74, 6) is 0. The molecular weight excluding hydrogens is 180 g/mol. The molecule has 0 saturated heterocycles. The molecular formula is C15H18. The SMILES string of the molecule is Cc1ccc(CCC2=CCCC=C2)cc1. The third-order valence-electron chi connectivity index (χ3n) is 2.89. The Balaban J connectivity index is 1.90. The topological polar surface area (TPSA) is 0 Å². The number of hydrogen-bond acceptors (Lipinski definition) is 0. The first-order valence-electron chi connectivity index (χ1n) is 5.76. The first-order valence-corrected chi connectivity index (χ1v) is 5.76. The molecule has 0 unspecified atom stereocenters. The fraction of sp³-hybridized carbons (Fsp3) is 0.333. The maximum atomic E-state index is 2.37. The van der Waals surface area contributed by atoms with Crippen LogP contribution < -0.4 is 0 Å². The van der Waals surface area contributed by atoms with Gasteiger partial charge in [-0.1, -0.05) is 53.6 Å². The predicted octanol–water partition coefficient (Wildman–Crippen LogP) is 4.20. The van der Waals surface area contributed by atoms with E-state index in [1.165, 1.54) is 36.0 Å². The van der Waals surface area contributed by atoms with E-state index in [1.807, 2.05) is 0 Å². The number of rotatable bonds is 3. The molecule has 0 aliphatic heterocycles. The Morgan fingerprint density at radius 2 is 1.80 bits per heavy atom. The zero-order valence-electron chi connectivity index (χ0n) is 9.37. The van der Waals surface area contributed by atoms with E-state index in [9.17, 15) is 0 Å². The summed E-state index contributed by atoms with van der Waals surface area (Å²) in [7, 11) is 0. The van der Waals surface area contributed by atoms with Gasteiger partial charge >= 0.3 is 0 Å². The molecule has 15 heavy (non-hydrogen) atoms. The molecule has 78 valence electrons. The molecule has 0 aromatic heterocycles. The first kappa shape index (κ1) is 10.2. The lowest BCUT2D eigenvalue weighted by atomic mass is 9.99. The molecule has 0 radical (unpaired) electrons. The first-order chi connectivity index (χ1) is 7.34. The molecule has 0 N–H and O–H groups in total. The Morgan fingerprint density at radius 3 is 2.47 bits per heavy atom. The minimum Gasteiger partial charge on any atom is -0.0840 e. The molecule has 0 fully saturated rings. The van der Waals surface area contributed by atoms with Crippen molar-refractivity contribution in [2.24, 2.45) is 0 Å². The molecule has 1 aliphatic carbocycles.